The third-order valence-corrected chi connectivity index (χ3v) is 4.60. The maximum Gasteiger partial charge on any atom is 0.231 e. The summed E-state index contributed by atoms with van der Waals surface area (Å²) in [5, 5.41) is 10.7. The molecule has 114 valence electrons. The third kappa shape index (κ3) is 5.16. The van der Waals surface area contributed by atoms with E-state index in [-0.39, 0.29) is 12.5 Å². The standard InChI is InChI=1S/C16H22N2O2S/c17-16(20)11-18(14-6-1-2-7-14)10-15-9-13(12-21-15)5-3-4-8-19/h9,12,14,19H,1-2,4,6-8,10-11H2,(H2,17,20). The van der Waals surface area contributed by atoms with Crippen molar-refractivity contribution in [2.75, 3.05) is 13.2 Å². The van der Waals surface area contributed by atoms with Crippen LogP contribution in [-0.4, -0.2) is 35.1 Å². The van der Waals surface area contributed by atoms with Crippen LogP contribution in [0.3, 0.4) is 0 Å². The Bertz CT molecular complexity index is 524. The van der Waals surface area contributed by atoms with E-state index in [2.05, 4.69) is 22.8 Å². The number of thiophene rings is 1. The number of nitrogens with two attached hydrogens (primary N) is 1. The van der Waals surface area contributed by atoms with E-state index in [1.165, 1.54) is 17.7 Å². The fourth-order valence-corrected chi connectivity index (χ4v) is 3.57. The first-order chi connectivity index (χ1) is 10.2. The molecule has 1 fully saturated rings. The molecule has 2 rings (SSSR count). The van der Waals surface area contributed by atoms with Crippen molar-refractivity contribution in [3.05, 3.63) is 21.9 Å². The highest BCUT2D eigenvalue weighted by Crippen LogP contribution is 2.26. The van der Waals surface area contributed by atoms with Gasteiger partial charge in [-0.1, -0.05) is 24.7 Å². The molecule has 1 aliphatic carbocycles. The molecule has 1 aromatic heterocycles. The number of aliphatic hydroxyl groups is 1. The molecule has 0 radical (unpaired) electrons. The van der Waals surface area contributed by atoms with Crippen LogP contribution in [0.25, 0.3) is 0 Å². The van der Waals surface area contributed by atoms with E-state index in [0.29, 0.717) is 19.0 Å². The fraction of sp³-hybridized carbons (Fsp3) is 0.562. The molecular weight excluding hydrogens is 284 g/mol. The molecule has 0 aromatic carbocycles. The molecule has 1 aromatic rings. The molecule has 1 saturated carbocycles. The normalized spacial score (nSPS) is 15.1. The molecule has 1 aliphatic rings. The highest BCUT2D eigenvalue weighted by atomic mass is 32.1. The highest BCUT2D eigenvalue weighted by Gasteiger charge is 2.24. The SMILES string of the molecule is NC(=O)CN(Cc1cc(C#CCCO)cs1)C1CCCC1. The van der Waals surface area contributed by atoms with Crippen molar-refractivity contribution in [1.29, 1.82) is 0 Å². The number of carbonyl (C=O) groups is 1. The maximum absolute atomic E-state index is 11.3. The molecule has 1 heterocycles. The maximum atomic E-state index is 11.3. The average molecular weight is 306 g/mol. The minimum atomic E-state index is -0.263. The van der Waals surface area contributed by atoms with Crippen LogP contribution in [-0.2, 0) is 11.3 Å². The lowest BCUT2D eigenvalue weighted by molar-refractivity contribution is -0.119. The van der Waals surface area contributed by atoms with Gasteiger partial charge in [-0.05, 0) is 18.9 Å². The summed E-state index contributed by atoms with van der Waals surface area (Å²) in [6.07, 6.45) is 5.29. The molecule has 0 aliphatic heterocycles. The Labute approximate surface area is 129 Å². The van der Waals surface area contributed by atoms with Crippen molar-refractivity contribution in [3.8, 4) is 11.8 Å². The molecule has 1 amide bonds. The van der Waals surface area contributed by atoms with Gasteiger partial charge in [0.1, 0.15) is 0 Å². The number of aliphatic hydroxyl groups excluding tert-OH is 1. The highest BCUT2D eigenvalue weighted by molar-refractivity contribution is 7.10. The number of hydrogen-bond donors (Lipinski definition) is 2. The van der Waals surface area contributed by atoms with E-state index < -0.39 is 0 Å². The fourth-order valence-electron chi connectivity index (χ4n) is 2.73. The second kappa shape index (κ2) is 8.18. The van der Waals surface area contributed by atoms with Gasteiger partial charge < -0.3 is 10.8 Å². The summed E-state index contributed by atoms with van der Waals surface area (Å²) in [6, 6.07) is 2.54. The lowest BCUT2D eigenvalue weighted by Crippen LogP contribution is -2.39. The minimum absolute atomic E-state index is 0.0953. The van der Waals surface area contributed by atoms with E-state index in [9.17, 15) is 4.79 Å². The first-order valence-electron chi connectivity index (χ1n) is 7.38. The Morgan fingerprint density at radius 1 is 1.48 bits per heavy atom. The van der Waals surface area contributed by atoms with Gasteiger partial charge >= 0.3 is 0 Å². The molecular formula is C16H22N2O2S. The van der Waals surface area contributed by atoms with Gasteiger partial charge in [-0.15, -0.1) is 11.3 Å². The predicted octanol–water partition coefficient (Wildman–Crippen LogP) is 1.71. The Kier molecular flexibility index (Phi) is 6.24. The number of primary amides is 1. The number of amides is 1. The van der Waals surface area contributed by atoms with Crippen LogP contribution in [0.2, 0.25) is 0 Å². The van der Waals surface area contributed by atoms with Crippen molar-refractivity contribution in [2.24, 2.45) is 5.73 Å². The van der Waals surface area contributed by atoms with Crippen molar-refractivity contribution < 1.29 is 9.90 Å². The second-order valence-corrected chi connectivity index (χ2v) is 6.38. The van der Waals surface area contributed by atoms with E-state index >= 15 is 0 Å². The lowest BCUT2D eigenvalue weighted by atomic mass is 10.2. The number of rotatable bonds is 6. The first-order valence-corrected chi connectivity index (χ1v) is 8.26. The van der Waals surface area contributed by atoms with Crippen molar-refractivity contribution in [3.63, 3.8) is 0 Å². The van der Waals surface area contributed by atoms with Gasteiger partial charge in [0.15, 0.2) is 0 Å². The quantitative estimate of drug-likeness (QED) is 0.786. The van der Waals surface area contributed by atoms with Crippen molar-refractivity contribution in [1.82, 2.24) is 4.90 Å². The van der Waals surface area contributed by atoms with Crippen LogP contribution in [0.15, 0.2) is 11.4 Å². The molecule has 0 bridgehead atoms. The Balaban J connectivity index is 1.99. The predicted molar refractivity (Wildman–Crippen MR) is 84.8 cm³/mol. The summed E-state index contributed by atoms with van der Waals surface area (Å²) in [5.41, 5.74) is 6.36. The van der Waals surface area contributed by atoms with Crippen LogP contribution in [0.5, 0.6) is 0 Å². The van der Waals surface area contributed by atoms with Gasteiger partial charge in [-0.2, -0.15) is 0 Å². The number of nitrogens with zero attached hydrogens (tertiary/aromatic N) is 1. The van der Waals surface area contributed by atoms with E-state index in [4.69, 9.17) is 10.8 Å². The van der Waals surface area contributed by atoms with Crippen LogP contribution in [0.1, 0.15) is 42.5 Å². The zero-order valence-corrected chi connectivity index (χ0v) is 13.0. The summed E-state index contributed by atoms with van der Waals surface area (Å²) in [5.74, 6) is 5.70. The largest absolute Gasteiger partial charge is 0.395 e. The first kappa shape index (κ1) is 16.0. The summed E-state index contributed by atoms with van der Waals surface area (Å²) in [6.45, 7) is 1.19. The van der Waals surface area contributed by atoms with E-state index in [1.807, 2.05) is 5.38 Å². The molecule has 3 N–H and O–H groups in total. The number of hydrogen-bond acceptors (Lipinski definition) is 4. The summed E-state index contributed by atoms with van der Waals surface area (Å²) < 4.78 is 0. The molecule has 0 atom stereocenters. The molecule has 0 unspecified atom stereocenters. The number of carbonyl (C=O) groups excluding carboxylic acids is 1. The van der Waals surface area contributed by atoms with Crippen LogP contribution < -0.4 is 5.73 Å². The summed E-state index contributed by atoms with van der Waals surface area (Å²) >= 11 is 1.66. The van der Waals surface area contributed by atoms with Crippen LogP contribution in [0, 0.1) is 11.8 Å². The Hall–Kier alpha value is -1.35. The molecule has 5 heteroatoms. The molecule has 0 saturated heterocycles. The third-order valence-electron chi connectivity index (χ3n) is 3.68. The Morgan fingerprint density at radius 2 is 2.24 bits per heavy atom. The topological polar surface area (TPSA) is 66.6 Å². The zero-order valence-electron chi connectivity index (χ0n) is 12.2. The summed E-state index contributed by atoms with van der Waals surface area (Å²) in [7, 11) is 0. The molecule has 21 heavy (non-hydrogen) atoms. The molecule has 4 nitrogen and oxygen atoms in total. The van der Waals surface area contributed by atoms with Gasteiger partial charge in [-0.3, -0.25) is 9.69 Å². The van der Waals surface area contributed by atoms with Gasteiger partial charge in [0.25, 0.3) is 0 Å². The Morgan fingerprint density at radius 3 is 2.90 bits per heavy atom. The van der Waals surface area contributed by atoms with Crippen LogP contribution in [0.4, 0.5) is 0 Å². The van der Waals surface area contributed by atoms with Gasteiger partial charge in [0, 0.05) is 34.8 Å². The minimum Gasteiger partial charge on any atom is -0.395 e. The monoisotopic (exact) mass is 306 g/mol. The second-order valence-electron chi connectivity index (χ2n) is 5.39. The van der Waals surface area contributed by atoms with Crippen LogP contribution >= 0.6 is 11.3 Å². The smallest absolute Gasteiger partial charge is 0.231 e. The van der Waals surface area contributed by atoms with Crippen molar-refractivity contribution in [2.45, 2.75) is 44.7 Å². The summed E-state index contributed by atoms with van der Waals surface area (Å²) in [4.78, 5) is 14.7. The van der Waals surface area contributed by atoms with Gasteiger partial charge in [0.05, 0.1) is 13.2 Å². The molecule has 0 spiro atoms. The lowest BCUT2D eigenvalue weighted by Gasteiger charge is -2.26. The van der Waals surface area contributed by atoms with E-state index in [0.717, 1.165) is 24.9 Å². The van der Waals surface area contributed by atoms with Gasteiger partial charge in [-0.25, -0.2) is 0 Å². The van der Waals surface area contributed by atoms with Crippen molar-refractivity contribution >= 4 is 17.2 Å². The van der Waals surface area contributed by atoms with E-state index in [1.54, 1.807) is 11.3 Å². The zero-order chi connectivity index (χ0) is 15.1. The average Bonchev–Trinajstić information content (AvgIpc) is 3.09. The van der Waals surface area contributed by atoms with Gasteiger partial charge in [0.2, 0.25) is 5.91 Å².